The molecule has 0 aliphatic heterocycles. The van der Waals surface area contributed by atoms with Crippen molar-refractivity contribution >= 4 is 34.1 Å². The Morgan fingerprint density at radius 3 is 2.72 bits per heavy atom. The summed E-state index contributed by atoms with van der Waals surface area (Å²) in [5.41, 5.74) is 3.69. The van der Waals surface area contributed by atoms with Crippen molar-refractivity contribution < 1.29 is 4.79 Å². The van der Waals surface area contributed by atoms with Crippen LogP contribution in [0.5, 0.6) is 0 Å². The van der Waals surface area contributed by atoms with Crippen molar-refractivity contribution in [1.29, 1.82) is 0 Å². The highest BCUT2D eigenvalue weighted by atomic mass is 32.2. The number of anilines is 1. The largest absolute Gasteiger partial charge is 0.349 e. The molecule has 0 unspecified atom stereocenters. The summed E-state index contributed by atoms with van der Waals surface area (Å²) < 4.78 is 1.76. The maximum Gasteiger partial charge on any atom is 0.349 e. The van der Waals surface area contributed by atoms with Gasteiger partial charge in [0.2, 0.25) is 5.91 Å². The Kier molecular flexibility index (Phi) is 5.73. The van der Waals surface area contributed by atoms with Gasteiger partial charge in [0, 0.05) is 34.7 Å². The van der Waals surface area contributed by atoms with Gasteiger partial charge in [-0.15, -0.1) is 0 Å². The van der Waals surface area contributed by atoms with Gasteiger partial charge in [0.25, 0.3) is 0 Å². The number of benzene rings is 2. The van der Waals surface area contributed by atoms with Crippen LogP contribution in [0.3, 0.4) is 0 Å². The van der Waals surface area contributed by atoms with Crippen molar-refractivity contribution in [2.75, 3.05) is 11.1 Å². The summed E-state index contributed by atoms with van der Waals surface area (Å²) >= 11 is 1.34. The average Bonchev–Trinajstić information content (AvgIpc) is 3.31. The summed E-state index contributed by atoms with van der Waals surface area (Å²) in [4.78, 5) is 33.9. The second kappa shape index (κ2) is 8.96. The molecule has 6 nitrogen and oxygen atoms in total. The lowest BCUT2D eigenvalue weighted by atomic mass is 10.1. The number of fused-ring (bicyclic) bond motifs is 2. The summed E-state index contributed by atoms with van der Waals surface area (Å²) in [7, 11) is 0. The molecule has 0 atom stereocenters. The lowest BCUT2D eigenvalue weighted by molar-refractivity contribution is -0.113. The predicted octanol–water partition coefficient (Wildman–Crippen LogP) is 4.06. The molecular formula is C25H22N4O2S. The number of carbonyl (C=O) groups is 1. The SMILES string of the molecule is O=C(CSc1nc(=O)n(Cc2ccncc2)c2c1CCC2)Nc1cccc2ccccc12. The van der Waals surface area contributed by atoms with Gasteiger partial charge in [0.1, 0.15) is 5.03 Å². The molecule has 0 radical (unpaired) electrons. The molecule has 1 N–H and O–H groups in total. The highest BCUT2D eigenvalue weighted by molar-refractivity contribution is 8.00. The average molecular weight is 443 g/mol. The summed E-state index contributed by atoms with van der Waals surface area (Å²) in [6, 6.07) is 17.6. The van der Waals surface area contributed by atoms with Gasteiger partial charge in [-0.3, -0.25) is 14.3 Å². The minimum absolute atomic E-state index is 0.110. The van der Waals surface area contributed by atoms with Gasteiger partial charge in [0.05, 0.1) is 12.3 Å². The van der Waals surface area contributed by atoms with E-state index in [9.17, 15) is 9.59 Å². The summed E-state index contributed by atoms with van der Waals surface area (Å²) in [5, 5.41) is 5.77. The van der Waals surface area contributed by atoms with E-state index >= 15 is 0 Å². The molecule has 0 fully saturated rings. The zero-order chi connectivity index (χ0) is 21.9. The van der Waals surface area contributed by atoms with Gasteiger partial charge in [-0.1, -0.05) is 48.2 Å². The Morgan fingerprint density at radius 1 is 1.03 bits per heavy atom. The first kappa shape index (κ1) is 20.5. The molecule has 0 bridgehead atoms. The van der Waals surface area contributed by atoms with Gasteiger partial charge in [-0.25, -0.2) is 4.79 Å². The summed E-state index contributed by atoms with van der Waals surface area (Å²) in [6.07, 6.45) is 6.19. The molecule has 0 saturated carbocycles. The number of rotatable bonds is 6. The van der Waals surface area contributed by atoms with Gasteiger partial charge in [0.15, 0.2) is 0 Å². The van der Waals surface area contributed by atoms with Crippen molar-refractivity contribution in [3.63, 3.8) is 0 Å². The third kappa shape index (κ3) is 4.16. The Bertz CT molecular complexity index is 1350. The molecule has 2 aromatic carbocycles. The van der Waals surface area contributed by atoms with E-state index in [4.69, 9.17) is 0 Å². The minimum Gasteiger partial charge on any atom is -0.325 e. The molecule has 4 aromatic rings. The van der Waals surface area contributed by atoms with Crippen LogP contribution in [-0.2, 0) is 24.2 Å². The van der Waals surface area contributed by atoms with Crippen molar-refractivity contribution in [3.8, 4) is 0 Å². The topological polar surface area (TPSA) is 76.9 Å². The number of hydrogen-bond acceptors (Lipinski definition) is 5. The van der Waals surface area contributed by atoms with Crippen LogP contribution in [0.15, 0.2) is 76.8 Å². The molecule has 5 rings (SSSR count). The molecule has 1 aliphatic rings. The fraction of sp³-hybridized carbons (Fsp3) is 0.200. The Labute approximate surface area is 189 Å². The van der Waals surface area contributed by atoms with Crippen LogP contribution in [0.25, 0.3) is 10.8 Å². The fourth-order valence-corrected chi connectivity index (χ4v) is 5.07. The third-order valence-electron chi connectivity index (χ3n) is 5.69. The molecular weight excluding hydrogens is 420 g/mol. The third-order valence-corrected chi connectivity index (χ3v) is 6.71. The number of pyridine rings is 1. The standard InChI is InChI=1S/C25H22N4O2S/c30-23(27-21-9-3-6-18-5-1-2-7-19(18)21)16-32-24-20-8-4-10-22(20)29(25(31)28-24)15-17-11-13-26-14-12-17/h1-3,5-7,9,11-14H,4,8,10,15-16H2,(H,27,30). The normalized spacial score (nSPS) is 12.6. The van der Waals surface area contributed by atoms with E-state index in [0.29, 0.717) is 11.6 Å². The molecule has 2 aromatic heterocycles. The Balaban J connectivity index is 1.33. The van der Waals surface area contributed by atoms with Crippen molar-refractivity contribution in [1.82, 2.24) is 14.5 Å². The highest BCUT2D eigenvalue weighted by Crippen LogP contribution is 2.30. The van der Waals surface area contributed by atoms with E-state index in [1.165, 1.54) is 11.8 Å². The molecule has 32 heavy (non-hydrogen) atoms. The zero-order valence-corrected chi connectivity index (χ0v) is 18.3. The number of amides is 1. The molecule has 160 valence electrons. The molecule has 1 aliphatic carbocycles. The van der Waals surface area contributed by atoms with Crippen molar-refractivity contribution in [3.05, 3.63) is 94.3 Å². The molecule has 2 heterocycles. The van der Waals surface area contributed by atoms with E-state index in [1.54, 1.807) is 17.0 Å². The predicted molar refractivity (Wildman–Crippen MR) is 127 cm³/mol. The number of aromatic nitrogens is 3. The molecule has 7 heteroatoms. The molecule has 1 amide bonds. The maximum atomic E-state index is 12.8. The van der Waals surface area contributed by atoms with Crippen LogP contribution in [0.1, 0.15) is 23.2 Å². The van der Waals surface area contributed by atoms with Crippen LogP contribution in [0.2, 0.25) is 0 Å². The van der Waals surface area contributed by atoms with E-state index in [-0.39, 0.29) is 17.3 Å². The quantitative estimate of drug-likeness (QED) is 0.360. The van der Waals surface area contributed by atoms with E-state index < -0.39 is 0 Å². The highest BCUT2D eigenvalue weighted by Gasteiger charge is 2.22. The fourth-order valence-electron chi connectivity index (χ4n) is 4.19. The Morgan fingerprint density at radius 2 is 1.84 bits per heavy atom. The van der Waals surface area contributed by atoms with E-state index in [1.807, 2.05) is 54.6 Å². The summed E-state index contributed by atoms with van der Waals surface area (Å²) in [5.74, 6) is 0.0945. The van der Waals surface area contributed by atoms with E-state index in [0.717, 1.165) is 52.5 Å². The lowest BCUT2D eigenvalue weighted by Crippen LogP contribution is -2.28. The first-order valence-corrected chi connectivity index (χ1v) is 11.6. The van der Waals surface area contributed by atoms with Crippen LogP contribution in [0.4, 0.5) is 5.69 Å². The summed E-state index contributed by atoms with van der Waals surface area (Å²) in [6.45, 7) is 0.489. The maximum absolute atomic E-state index is 12.8. The number of hydrogen-bond donors (Lipinski definition) is 1. The first-order chi connectivity index (χ1) is 15.7. The second-order valence-corrected chi connectivity index (χ2v) is 8.75. The van der Waals surface area contributed by atoms with Crippen LogP contribution in [0, 0.1) is 0 Å². The van der Waals surface area contributed by atoms with Gasteiger partial charge in [-0.2, -0.15) is 4.98 Å². The van der Waals surface area contributed by atoms with Gasteiger partial charge < -0.3 is 5.32 Å². The van der Waals surface area contributed by atoms with Crippen LogP contribution >= 0.6 is 11.8 Å². The lowest BCUT2D eigenvalue weighted by Gasteiger charge is -2.14. The van der Waals surface area contributed by atoms with Crippen molar-refractivity contribution in [2.45, 2.75) is 30.8 Å². The second-order valence-electron chi connectivity index (χ2n) is 7.78. The number of nitrogens with one attached hydrogen (secondary N) is 1. The van der Waals surface area contributed by atoms with E-state index in [2.05, 4.69) is 15.3 Å². The number of thioether (sulfide) groups is 1. The first-order valence-electron chi connectivity index (χ1n) is 10.6. The van der Waals surface area contributed by atoms with Crippen molar-refractivity contribution in [2.24, 2.45) is 0 Å². The minimum atomic E-state index is -0.264. The smallest absolute Gasteiger partial charge is 0.325 e. The van der Waals surface area contributed by atoms with Gasteiger partial charge in [-0.05, 0) is 48.4 Å². The molecule has 0 saturated heterocycles. The van der Waals surface area contributed by atoms with Crippen LogP contribution in [-0.4, -0.2) is 26.2 Å². The monoisotopic (exact) mass is 442 g/mol. The number of carbonyl (C=O) groups excluding carboxylic acids is 1. The number of nitrogens with zero attached hydrogens (tertiary/aromatic N) is 3. The van der Waals surface area contributed by atoms with Crippen LogP contribution < -0.4 is 11.0 Å². The zero-order valence-electron chi connectivity index (χ0n) is 17.5. The Hall–Kier alpha value is -3.45. The molecule has 0 spiro atoms. The van der Waals surface area contributed by atoms with Gasteiger partial charge >= 0.3 is 5.69 Å².